The standard InChI is InChI=1S/C30H29Cl2N3O2.ClH/c1-2-27(34-17-15-30(37,16-18-34)22-9-5-3-6-10-22)28(36)26-20-35(23-11-7-4-8-12-23)29(33-26)21-13-14-24(31)25(32)19-21;/h3-14,19-20,27,37H,2,15-18H2,1H3;1H. The lowest BCUT2D eigenvalue weighted by Crippen LogP contribution is -2.49. The van der Waals surface area contributed by atoms with Crippen LogP contribution in [0.5, 0.6) is 0 Å². The summed E-state index contributed by atoms with van der Waals surface area (Å²) in [6.45, 7) is 3.29. The Bertz CT molecular complexity index is 1380. The predicted molar refractivity (Wildman–Crippen MR) is 156 cm³/mol. The van der Waals surface area contributed by atoms with Gasteiger partial charge >= 0.3 is 0 Å². The van der Waals surface area contributed by atoms with E-state index < -0.39 is 5.60 Å². The second kappa shape index (κ2) is 12.0. The van der Waals surface area contributed by atoms with Crippen LogP contribution in [-0.2, 0) is 5.60 Å². The molecule has 1 aromatic heterocycles. The number of halogens is 3. The van der Waals surface area contributed by atoms with Gasteiger partial charge in [-0.3, -0.25) is 14.3 Å². The number of Topliss-reactive ketones (excluding diaryl/α,β-unsaturated/α-hetero) is 1. The first-order valence-electron chi connectivity index (χ1n) is 12.6. The van der Waals surface area contributed by atoms with E-state index in [2.05, 4.69) is 4.90 Å². The molecule has 5 nitrogen and oxygen atoms in total. The van der Waals surface area contributed by atoms with Crippen LogP contribution in [0.4, 0.5) is 0 Å². The number of nitrogens with zero attached hydrogens (tertiary/aromatic N) is 3. The first-order chi connectivity index (χ1) is 17.9. The van der Waals surface area contributed by atoms with Crippen LogP contribution in [-0.4, -0.2) is 44.5 Å². The van der Waals surface area contributed by atoms with Crippen LogP contribution >= 0.6 is 35.6 Å². The Labute approximate surface area is 239 Å². The van der Waals surface area contributed by atoms with Gasteiger partial charge in [0.25, 0.3) is 0 Å². The molecule has 1 fully saturated rings. The molecule has 3 aromatic carbocycles. The van der Waals surface area contributed by atoms with Crippen molar-refractivity contribution in [2.45, 2.75) is 37.8 Å². The fraction of sp³-hybridized carbons (Fsp3) is 0.267. The number of benzene rings is 3. The minimum Gasteiger partial charge on any atom is -0.385 e. The van der Waals surface area contributed by atoms with E-state index in [-0.39, 0.29) is 24.2 Å². The van der Waals surface area contributed by atoms with Gasteiger partial charge in [0.05, 0.1) is 21.7 Å². The summed E-state index contributed by atoms with van der Waals surface area (Å²) in [6, 6.07) is 24.6. The summed E-state index contributed by atoms with van der Waals surface area (Å²) in [5.74, 6) is 0.601. The molecular formula is C30H30Cl3N3O2. The van der Waals surface area contributed by atoms with Crippen molar-refractivity contribution in [3.63, 3.8) is 0 Å². The zero-order valence-electron chi connectivity index (χ0n) is 21.1. The van der Waals surface area contributed by atoms with E-state index in [0.29, 0.717) is 53.9 Å². The van der Waals surface area contributed by atoms with Gasteiger partial charge < -0.3 is 5.11 Å². The molecule has 0 bridgehead atoms. The zero-order chi connectivity index (χ0) is 26.0. The number of hydrogen-bond donors (Lipinski definition) is 1. The molecule has 1 aliphatic rings. The monoisotopic (exact) mass is 569 g/mol. The molecule has 1 N–H and O–H groups in total. The van der Waals surface area contributed by atoms with Crippen molar-refractivity contribution in [2.24, 2.45) is 0 Å². The van der Waals surface area contributed by atoms with E-state index >= 15 is 0 Å². The maximum atomic E-state index is 13.8. The Balaban J connectivity index is 0.00000336. The number of ketones is 1. The number of likely N-dealkylation sites (tertiary alicyclic amines) is 1. The van der Waals surface area contributed by atoms with Crippen LogP contribution in [0.3, 0.4) is 0 Å². The summed E-state index contributed by atoms with van der Waals surface area (Å²) in [6.07, 6.45) is 3.62. The van der Waals surface area contributed by atoms with Crippen molar-refractivity contribution in [1.82, 2.24) is 14.5 Å². The van der Waals surface area contributed by atoms with Gasteiger partial charge in [0.2, 0.25) is 0 Å². The van der Waals surface area contributed by atoms with Crippen molar-refractivity contribution >= 4 is 41.4 Å². The summed E-state index contributed by atoms with van der Waals surface area (Å²) in [5, 5.41) is 12.2. The normalized spacial score (nSPS) is 16.0. The molecule has 198 valence electrons. The van der Waals surface area contributed by atoms with Gasteiger partial charge in [-0.25, -0.2) is 4.98 Å². The molecule has 0 amide bonds. The Morgan fingerprint density at radius 3 is 2.21 bits per heavy atom. The van der Waals surface area contributed by atoms with E-state index in [9.17, 15) is 9.90 Å². The predicted octanol–water partition coefficient (Wildman–Crippen LogP) is 7.21. The Kier molecular flexibility index (Phi) is 8.96. The number of carbonyl (C=O) groups is 1. The number of aliphatic hydroxyl groups is 1. The average Bonchev–Trinajstić information content (AvgIpc) is 3.38. The van der Waals surface area contributed by atoms with Gasteiger partial charge in [-0.15, -0.1) is 12.4 Å². The first-order valence-corrected chi connectivity index (χ1v) is 13.3. The molecule has 1 aliphatic heterocycles. The number of piperidine rings is 1. The molecule has 1 atom stereocenters. The first kappa shape index (κ1) is 28.3. The number of para-hydroxylation sites is 1. The van der Waals surface area contributed by atoms with E-state index in [1.54, 1.807) is 12.1 Å². The summed E-state index contributed by atoms with van der Waals surface area (Å²) in [4.78, 5) is 20.8. The van der Waals surface area contributed by atoms with E-state index in [4.69, 9.17) is 28.2 Å². The highest BCUT2D eigenvalue weighted by Gasteiger charge is 2.38. The molecule has 0 spiro atoms. The summed E-state index contributed by atoms with van der Waals surface area (Å²) in [7, 11) is 0. The van der Waals surface area contributed by atoms with Crippen LogP contribution in [0.2, 0.25) is 10.0 Å². The van der Waals surface area contributed by atoms with Crippen LogP contribution in [0, 0.1) is 0 Å². The highest BCUT2D eigenvalue weighted by molar-refractivity contribution is 6.42. The summed E-state index contributed by atoms with van der Waals surface area (Å²) in [5.41, 5.74) is 2.14. The van der Waals surface area contributed by atoms with Crippen LogP contribution < -0.4 is 0 Å². The second-order valence-corrected chi connectivity index (χ2v) is 10.3. The third kappa shape index (κ3) is 5.68. The maximum absolute atomic E-state index is 13.8. The third-order valence-electron chi connectivity index (χ3n) is 7.24. The van der Waals surface area contributed by atoms with Crippen molar-refractivity contribution in [3.05, 3.63) is 106 Å². The summed E-state index contributed by atoms with van der Waals surface area (Å²) >= 11 is 12.5. The quantitative estimate of drug-likeness (QED) is 0.239. The smallest absolute Gasteiger partial charge is 0.199 e. The van der Waals surface area contributed by atoms with Crippen LogP contribution in [0.15, 0.2) is 85.1 Å². The molecule has 38 heavy (non-hydrogen) atoms. The number of carbonyl (C=O) groups excluding carboxylic acids is 1. The van der Waals surface area contributed by atoms with Crippen LogP contribution in [0.1, 0.15) is 42.2 Å². The highest BCUT2D eigenvalue weighted by atomic mass is 35.5. The topological polar surface area (TPSA) is 58.4 Å². The lowest BCUT2D eigenvalue weighted by molar-refractivity contribution is -0.0336. The highest BCUT2D eigenvalue weighted by Crippen LogP contribution is 2.34. The van der Waals surface area contributed by atoms with Gasteiger partial charge in [0.15, 0.2) is 5.78 Å². The average molecular weight is 571 g/mol. The van der Waals surface area contributed by atoms with Crippen molar-refractivity contribution in [2.75, 3.05) is 13.1 Å². The molecule has 4 aromatic rings. The zero-order valence-corrected chi connectivity index (χ0v) is 23.4. The molecule has 0 radical (unpaired) electrons. The lowest BCUT2D eigenvalue weighted by atomic mass is 9.83. The van der Waals surface area contributed by atoms with Gasteiger partial charge in [-0.1, -0.05) is 78.7 Å². The number of rotatable bonds is 7. The number of imidazole rings is 1. The Morgan fingerprint density at radius 1 is 0.974 bits per heavy atom. The molecular weight excluding hydrogens is 541 g/mol. The lowest BCUT2D eigenvalue weighted by Gasteiger charge is -2.41. The molecule has 0 saturated carbocycles. The molecule has 8 heteroatoms. The fourth-order valence-electron chi connectivity index (χ4n) is 5.15. The van der Waals surface area contributed by atoms with E-state index in [1.807, 2.05) is 84.4 Å². The summed E-state index contributed by atoms with van der Waals surface area (Å²) < 4.78 is 1.92. The van der Waals surface area contributed by atoms with Crippen molar-refractivity contribution in [1.29, 1.82) is 0 Å². The second-order valence-electron chi connectivity index (χ2n) is 9.51. The Hall–Kier alpha value is -2.67. The van der Waals surface area contributed by atoms with Crippen LogP contribution in [0.25, 0.3) is 17.1 Å². The molecule has 5 rings (SSSR count). The van der Waals surface area contributed by atoms with Gasteiger partial charge in [0.1, 0.15) is 11.5 Å². The van der Waals surface area contributed by atoms with Gasteiger partial charge in [0, 0.05) is 30.5 Å². The largest absolute Gasteiger partial charge is 0.385 e. The van der Waals surface area contributed by atoms with Crippen molar-refractivity contribution < 1.29 is 9.90 Å². The van der Waals surface area contributed by atoms with Crippen molar-refractivity contribution in [3.8, 4) is 17.1 Å². The molecule has 1 saturated heterocycles. The molecule has 2 heterocycles. The van der Waals surface area contributed by atoms with E-state index in [1.165, 1.54) is 0 Å². The Morgan fingerprint density at radius 2 is 1.61 bits per heavy atom. The number of aromatic nitrogens is 2. The molecule has 1 unspecified atom stereocenters. The van der Waals surface area contributed by atoms with E-state index in [0.717, 1.165) is 16.8 Å². The third-order valence-corrected chi connectivity index (χ3v) is 7.98. The van der Waals surface area contributed by atoms with Gasteiger partial charge in [-0.2, -0.15) is 0 Å². The van der Waals surface area contributed by atoms with Gasteiger partial charge in [-0.05, 0) is 55.2 Å². The minimum absolute atomic E-state index is 0. The maximum Gasteiger partial charge on any atom is 0.199 e. The number of hydrogen-bond acceptors (Lipinski definition) is 4. The molecule has 0 aliphatic carbocycles. The minimum atomic E-state index is -0.866. The SMILES string of the molecule is CCC(C(=O)c1cn(-c2ccccc2)c(-c2ccc(Cl)c(Cl)c2)n1)N1CCC(O)(c2ccccc2)CC1.Cl. The fourth-order valence-corrected chi connectivity index (χ4v) is 5.44.